The number of carbonyl (C=O) groups excluding carboxylic acids is 1. The van der Waals surface area contributed by atoms with Crippen LogP contribution >= 0.6 is 7.75 Å². The molecule has 1 aliphatic rings. The van der Waals surface area contributed by atoms with Gasteiger partial charge in [0.25, 0.3) is 5.56 Å². The molecular weight excluding hydrogens is 500 g/mol. The average Bonchev–Trinajstić information content (AvgIpc) is 3.05. The summed E-state index contributed by atoms with van der Waals surface area (Å²) in [4.78, 5) is 38.0. The van der Waals surface area contributed by atoms with E-state index in [1.807, 2.05) is 0 Å². The molecule has 14 heteroatoms. The number of ether oxygens (including phenoxy) is 2. The fraction of sp³-hybridized carbons (Fsp3) is 0.500. The van der Waals surface area contributed by atoms with E-state index >= 15 is 4.39 Å². The highest BCUT2D eigenvalue weighted by molar-refractivity contribution is 7.52. The number of aliphatic hydroxyl groups is 1. The Morgan fingerprint density at radius 3 is 2.69 bits per heavy atom. The van der Waals surface area contributed by atoms with Crippen molar-refractivity contribution >= 4 is 13.7 Å². The Hall–Kier alpha value is -2.83. The minimum absolute atomic E-state index is 0.0441. The van der Waals surface area contributed by atoms with Crippen LogP contribution in [0, 0.1) is 0 Å². The molecular formula is C22H29FN3O9P. The maximum Gasteiger partial charge on any atom is 0.459 e. The van der Waals surface area contributed by atoms with E-state index in [1.165, 1.54) is 31.2 Å². The number of carbonyl (C=O) groups is 1. The molecule has 36 heavy (non-hydrogen) atoms. The van der Waals surface area contributed by atoms with Crippen molar-refractivity contribution in [2.75, 3.05) is 6.56 Å². The number of alkyl halides is 1. The molecule has 2 heterocycles. The van der Waals surface area contributed by atoms with Crippen LogP contribution in [0.2, 0.25) is 0 Å². The Labute approximate surface area is 210 Å². The van der Waals surface area contributed by atoms with Gasteiger partial charge in [-0.05, 0) is 39.8 Å². The number of hydrogen-bond acceptors (Lipinski definition) is 9. The largest absolute Gasteiger partial charge is 0.462 e. The molecule has 2 aromatic rings. The summed E-state index contributed by atoms with van der Waals surface area (Å²) in [6, 6.07) is 5.37. The van der Waals surface area contributed by atoms with Crippen molar-refractivity contribution in [3.05, 3.63) is 63.4 Å². The molecule has 3 rings (SSSR count). The van der Waals surface area contributed by atoms with Crippen LogP contribution in [-0.2, 0) is 23.4 Å². The van der Waals surface area contributed by atoms with Gasteiger partial charge in [0.15, 0.2) is 11.9 Å². The quantitative estimate of drug-likeness (QED) is 0.304. The summed E-state index contributed by atoms with van der Waals surface area (Å²) in [5, 5.41) is 12.9. The third kappa shape index (κ3) is 6.48. The van der Waals surface area contributed by atoms with Crippen LogP contribution in [0.15, 0.2) is 52.2 Å². The second-order valence-electron chi connectivity index (χ2n) is 8.39. The second kappa shape index (κ2) is 11.1. The predicted octanol–water partition coefficient (Wildman–Crippen LogP) is 1.66. The highest BCUT2D eigenvalue weighted by Gasteiger charge is 2.55. The number of nitrogens with zero attached hydrogens (tertiary/aromatic N) is 1. The van der Waals surface area contributed by atoms with Gasteiger partial charge in [-0.1, -0.05) is 18.2 Å². The van der Waals surface area contributed by atoms with Crippen LogP contribution in [0.4, 0.5) is 4.39 Å². The van der Waals surface area contributed by atoms with Crippen LogP contribution in [0.3, 0.4) is 0 Å². The normalized spacial score (nSPS) is 28.0. The summed E-state index contributed by atoms with van der Waals surface area (Å²) in [6.45, 7) is 1.97. The molecule has 198 valence electrons. The Morgan fingerprint density at radius 1 is 1.39 bits per heavy atom. The summed E-state index contributed by atoms with van der Waals surface area (Å²) >= 11 is 0. The van der Waals surface area contributed by atoms with Crippen LogP contribution in [-0.4, -0.2) is 57.2 Å². The topological polar surface area (TPSA) is 158 Å². The third-order valence-corrected chi connectivity index (χ3v) is 6.48. The van der Waals surface area contributed by atoms with Gasteiger partial charge in [-0.3, -0.25) is 23.7 Å². The van der Waals surface area contributed by atoms with Crippen molar-refractivity contribution in [3.8, 4) is 5.75 Å². The van der Waals surface area contributed by atoms with Gasteiger partial charge in [-0.25, -0.2) is 13.8 Å². The van der Waals surface area contributed by atoms with Crippen molar-refractivity contribution in [3.63, 3.8) is 0 Å². The molecule has 12 nitrogen and oxygen atoms in total. The number of halogens is 1. The van der Waals surface area contributed by atoms with Gasteiger partial charge >= 0.3 is 19.4 Å². The first-order valence-corrected chi connectivity index (χ1v) is 12.4. The monoisotopic (exact) mass is 532 g/mol. The van der Waals surface area contributed by atoms with E-state index in [-0.39, 0.29) is 5.75 Å². The Kier molecular flexibility index (Phi) is 7.24. The summed E-state index contributed by atoms with van der Waals surface area (Å²) in [5.41, 5.74) is -5.10. The summed E-state index contributed by atoms with van der Waals surface area (Å²) in [6.07, 6.45) is -6.39. The van der Waals surface area contributed by atoms with E-state index in [0.29, 0.717) is 10.8 Å². The number of esters is 1. The molecule has 1 saturated heterocycles. The lowest BCUT2D eigenvalue weighted by Crippen LogP contribution is -2.43. The van der Waals surface area contributed by atoms with Crippen molar-refractivity contribution in [2.45, 2.75) is 63.9 Å². The first-order valence-electron chi connectivity index (χ1n) is 12.3. The number of H-pyrrole nitrogens is 1. The van der Waals surface area contributed by atoms with E-state index in [9.17, 15) is 24.1 Å². The predicted molar refractivity (Wildman–Crippen MR) is 125 cm³/mol. The molecule has 1 aromatic heterocycles. The maximum atomic E-state index is 15.7. The maximum absolute atomic E-state index is 15.7. The van der Waals surface area contributed by atoms with Crippen LogP contribution in [0.5, 0.6) is 5.75 Å². The smallest absolute Gasteiger partial charge is 0.459 e. The minimum Gasteiger partial charge on any atom is -0.462 e. The van der Waals surface area contributed by atoms with Gasteiger partial charge in [0.2, 0.25) is 0 Å². The molecule has 0 unspecified atom stereocenters. The van der Waals surface area contributed by atoms with Crippen molar-refractivity contribution in [1.82, 2.24) is 14.6 Å². The third-order valence-electron chi connectivity index (χ3n) is 4.98. The number of para-hydroxylation sites is 1. The van der Waals surface area contributed by atoms with Gasteiger partial charge in [0, 0.05) is 12.2 Å². The van der Waals surface area contributed by atoms with Crippen molar-refractivity contribution < 1.29 is 41.5 Å². The standard InChI is InChI=1S/C22H29FN3O9P/c1-13(2)33-19(29)14(3)25-36(31,35-15-8-6-5-7-9-15)32-12-16-18(28)22(4,23)20(34-16)26-11-10-17(27)24-21(26)30/h5-11,13-14,16,18,20,28H,12H2,1-4H3,(H,25,31)(H,24,27,30)/t14-,16+,18+,20+,22+,36-/m0/s1/i10D,12D2. The van der Waals surface area contributed by atoms with E-state index in [2.05, 4.69) is 5.09 Å². The lowest BCUT2D eigenvalue weighted by Gasteiger charge is -2.25. The molecule has 3 N–H and O–H groups in total. The number of aliphatic hydroxyl groups excluding tert-OH is 1. The number of nitrogens with one attached hydrogen (secondary N) is 2. The molecule has 0 radical (unpaired) electrons. The van der Waals surface area contributed by atoms with Gasteiger partial charge in [0.1, 0.15) is 24.0 Å². The molecule has 0 spiro atoms. The van der Waals surface area contributed by atoms with Crippen molar-refractivity contribution in [2.24, 2.45) is 0 Å². The molecule has 0 amide bonds. The zero-order valence-corrected chi connectivity index (χ0v) is 20.7. The highest BCUT2D eigenvalue weighted by atomic mass is 31.2. The SMILES string of the molecule is [2H]c1cn([C@@H]2O[C@H](C([2H])([2H])O[P@@](=O)(N[C@@H](C)C(=O)OC(C)C)Oc3ccccc3)[C@@H](O)[C@@]2(C)F)c(=O)[nH]c1=O. The Morgan fingerprint density at radius 2 is 2.06 bits per heavy atom. The minimum atomic E-state index is -4.84. The fourth-order valence-electron chi connectivity index (χ4n) is 3.21. The zero-order valence-electron chi connectivity index (χ0n) is 22.8. The van der Waals surface area contributed by atoms with Gasteiger partial charge in [-0.2, -0.15) is 5.09 Å². The molecule has 1 aromatic carbocycles. The number of aromatic nitrogens is 2. The lowest BCUT2D eigenvalue weighted by atomic mass is 9.98. The molecule has 0 aliphatic carbocycles. The van der Waals surface area contributed by atoms with E-state index < -0.39 is 73.8 Å². The molecule has 1 aliphatic heterocycles. The lowest BCUT2D eigenvalue weighted by molar-refractivity contribution is -0.149. The molecule has 6 atom stereocenters. The van der Waals surface area contributed by atoms with Gasteiger partial charge in [-0.15, -0.1) is 0 Å². The van der Waals surface area contributed by atoms with Crippen LogP contribution in [0.25, 0.3) is 0 Å². The first-order chi connectivity index (χ1) is 18.0. The second-order valence-corrected chi connectivity index (χ2v) is 10.0. The summed E-state index contributed by atoms with van der Waals surface area (Å²) in [5.74, 6) is -0.902. The van der Waals surface area contributed by atoms with Gasteiger partial charge in [0.05, 0.1) is 16.8 Å². The summed E-state index contributed by atoms with van der Waals surface area (Å²) in [7, 11) is -4.84. The van der Waals surface area contributed by atoms with Crippen molar-refractivity contribution in [1.29, 1.82) is 0 Å². The van der Waals surface area contributed by atoms with E-state index in [0.717, 1.165) is 6.92 Å². The molecule has 1 fully saturated rings. The number of hydrogen-bond donors (Lipinski definition) is 3. The van der Waals surface area contributed by atoms with E-state index in [4.69, 9.17) is 22.6 Å². The van der Waals surface area contributed by atoms with Crippen LogP contribution < -0.4 is 20.9 Å². The average molecular weight is 532 g/mol. The van der Waals surface area contributed by atoms with Crippen LogP contribution in [0.1, 0.15) is 38.0 Å². The van der Waals surface area contributed by atoms with E-state index in [1.54, 1.807) is 24.9 Å². The zero-order chi connectivity index (χ0) is 29.3. The number of rotatable bonds is 10. The molecule has 0 saturated carbocycles. The first kappa shape index (κ1) is 23.6. The molecule has 0 bridgehead atoms. The Bertz CT molecular complexity index is 1360. The highest BCUT2D eigenvalue weighted by Crippen LogP contribution is 2.47. The summed E-state index contributed by atoms with van der Waals surface area (Å²) < 4.78 is 75.3. The van der Waals surface area contributed by atoms with Gasteiger partial charge < -0.3 is 19.1 Å². The Balaban J connectivity index is 1.94. The fourth-order valence-corrected chi connectivity index (χ4v) is 4.58. The number of benzene rings is 1. The number of aromatic amines is 1.